The molecule has 5 rings (SSSR count). The number of halogens is 2. The third-order valence-electron chi connectivity index (χ3n) is 7.65. The third kappa shape index (κ3) is 6.85. The molecule has 0 atom stereocenters. The average Bonchev–Trinajstić information content (AvgIpc) is 3.38. The minimum absolute atomic E-state index is 0.182. The first-order valence-corrected chi connectivity index (χ1v) is 14.0. The van der Waals surface area contributed by atoms with E-state index in [2.05, 4.69) is 20.5 Å². The molecule has 40 heavy (non-hydrogen) atoms. The Morgan fingerprint density at radius 3 is 2.38 bits per heavy atom. The Morgan fingerprint density at radius 2 is 1.68 bits per heavy atom. The van der Waals surface area contributed by atoms with Gasteiger partial charge in [-0.05, 0) is 43.7 Å². The molecule has 12 heteroatoms. The lowest BCUT2D eigenvalue weighted by atomic mass is 9.85. The van der Waals surface area contributed by atoms with E-state index < -0.39 is 6.43 Å². The summed E-state index contributed by atoms with van der Waals surface area (Å²) in [6.45, 7) is 4.47. The number of fused-ring (bicyclic) bond motifs is 1. The van der Waals surface area contributed by atoms with Gasteiger partial charge in [0.1, 0.15) is 11.6 Å². The maximum atomic E-state index is 14.1. The lowest BCUT2D eigenvalue weighted by molar-refractivity contribution is 0.0925. The molecule has 0 amide bonds. The Bertz CT molecular complexity index is 1220. The summed E-state index contributed by atoms with van der Waals surface area (Å²) in [6, 6.07) is 9.51. The molecule has 1 aliphatic carbocycles. The van der Waals surface area contributed by atoms with E-state index in [1.165, 1.54) is 4.57 Å². The van der Waals surface area contributed by atoms with Crippen LogP contribution < -0.4 is 15.5 Å². The zero-order valence-electron chi connectivity index (χ0n) is 23.2. The van der Waals surface area contributed by atoms with Crippen LogP contribution in [0.1, 0.15) is 37.9 Å². The summed E-state index contributed by atoms with van der Waals surface area (Å²) in [5.74, 6) is 1.62. The van der Waals surface area contributed by atoms with Gasteiger partial charge in [0.25, 0.3) is 6.43 Å². The number of hydrogen-bond acceptors (Lipinski definition) is 9. The van der Waals surface area contributed by atoms with Gasteiger partial charge in [0.05, 0.1) is 43.5 Å². The van der Waals surface area contributed by atoms with Crippen molar-refractivity contribution in [2.24, 2.45) is 5.92 Å². The number of rotatable bonds is 12. The number of benzene rings is 1. The molecule has 2 aromatic heterocycles. The molecule has 1 aliphatic heterocycles. The van der Waals surface area contributed by atoms with Gasteiger partial charge in [-0.1, -0.05) is 12.1 Å². The fraction of sp³-hybridized carbons (Fsp3) is 0.607. The van der Waals surface area contributed by atoms with Crippen LogP contribution in [0.15, 0.2) is 30.3 Å². The lowest BCUT2D eigenvalue weighted by Crippen LogP contribution is -2.45. The average molecular weight is 560 g/mol. The number of nitrogens with one attached hydrogen (secondary N) is 2. The van der Waals surface area contributed by atoms with E-state index in [-0.39, 0.29) is 11.9 Å². The van der Waals surface area contributed by atoms with Gasteiger partial charge in [-0.3, -0.25) is 4.57 Å². The van der Waals surface area contributed by atoms with Crippen LogP contribution in [0.4, 0.5) is 20.5 Å². The van der Waals surface area contributed by atoms with Crippen molar-refractivity contribution < 1.29 is 23.0 Å². The first kappa shape index (κ1) is 28.6. The van der Waals surface area contributed by atoms with Crippen LogP contribution in [-0.4, -0.2) is 91.9 Å². The largest absolute Gasteiger partial charge is 0.383 e. The van der Waals surface area contributed by atoms with Gasteiger partial charge in [-0.25, -0.2) is 13.8 Å². The summed E-state index contributed by atoms with van der Waals surface area (Å²) in [4.78, 5) is 15.8. The Labute approximate surface area is 233 Å². The van der Waals surface area contributed by atoms with E-state index in [0.717, 1.165) is 25.7 Å². The number of hydrogen-bond donors (Lipinski definition) is 2. The fourth-order valence-electron chi connectivity index (χ4n) is 5.65. The highest BCUT2D eigenvalue weighted by Crippen LogP contribution is 2.30. The van der Waals surface area contributed by atoms with Crippen LogP contribution in [0.2, 0.25) is 0 Å². The zero-order chi connectivity index (χ0) is 27.9. The molecule has 3 aromatic rings. The fourth-order valence-corrected chi connectivity index (χ4v) is 5.65. The predicted molar refractivity (Wildman–Crippen MR) is 150 cm³/mol. The second kappa shape index (κ2) is 13.6. The summed E-state index contributed by atoms with van der Waals surface area (Å²) in [7, 11) is 3.41. The summed E-state index contributed by atoms with van der Waals surface area (Å²) in [6.07, 6.45) is 1.51. The first-order chi connectivity index (χ1) is 19.6. The topological polar surface area (TPSA) is 98.6 Å². The lowest BCUT2D eigenvalue weighted by Gasteiger charge is -2.32. The molecular formula is C28H39F2N7O3. The molecule has 3 heterocycles. The number of methoxy groups -OCH3 is 2. The van der Waals surface area contributed by atoms with E-state index in [9.17, 15) is 8.78 Å². The number of morpholine rings is 1. The zero-order valence-corrected chi connectivity index (χ0v) is 23.2. The number of alkyl halides is 2. The number of anilines is 2. The number of nitrogens with zero attached hydrogens (tertiary/aromatic N) is 5. The first-order valence-electron chi connectivity index (χ1n) is 14.0. The highest BCUT2D eigenvalue weighted by molar-refractivity contribution is 5.78. The van der Waals surface area contributed by atoms with Gasteiger partial charge in [-0.15, -0.1) is 0 Å². The van der Waals surface area contributed by atoms with E-state index in [1.54, 1.807) is 38.5 Å². The second-order valence-electron chi connectivity index (χ2n) is 10.5. The second-order valence-corrected chi connectivity index (χ2v) is 10.5. The molecule has 0 unspecified atom stereocenters. The molecule has 1 saturated carbocycles. The van der Waals surface area contributed by atoms with Crippen molar-refractivity contribution in [2.45, 2.75) is 44.2 Å². The summed E-state index contributed by atoms with van der Waals surface area (Å²) < 4.78 is 45.8. The Kier molecular flexibility index (Phi) is 9.74. The number of imidazole rings is 1. The maximum absolute atomic E-state index is 14.1. The monoisotopic (exact) mass is 559 g/mol. The van der Waals surface area contributed by atoms with Gasteiger partial charge < -0.3 is 29.7 Å². The van der Waals surface area contributed by atoms with Gasteiger partial charge in [0.2, 0.25) is 5.95 Å². The van der Waals surface area contributed by atoms with E-state index in [4.69, 9.17) is 24.2 Å². The summed E-state index contributed by atoms with van der Waals surface area (Å²) >= 11 is 0. The van der Waals surface area contributed by atoms with E-state index in [1.807, 2.05) is 6.07 Å². The van der Waals surface area contributed by atoms with Crippen LogP contribution in [0.3, 0.4) is 0 Å². The number of aromatic nitrogens is 4. The van der Waals surface area contributed by atoms with Crippen LogP contribution >= 0.6 is 0 Å². The molecule has 0 spiro atoms. The molecule has 0 radical (unpaired) electrons. The van der Waals surface area contributed by atoms with Crippen molar-refractivity contribution in [2.75, 3.05) is 70.5 Å². The Morgan fingerprint density at radius 1 is 0.975 bits per heavy atom. The third-order valence-corrected chi connectivity index (χ3v) is 7.65. The van der Waals surface area contributed by atoms with Crippen molar-refractivity contribution in [1.82, 2.24) is 24.8 Å². The highest BCUT2D eigenvalue weighted by atomic mass is 19.3. The molecule has 1 aromatic carbocycles. The van der Waals surface area contributed by atoms with Crippen molar-refractivity contribution in [3.63, 3.8) is 0 Å². The maximum Gasteiger partial charge on any atom is 0.296 e. The molecule has 0 bridgehead atoms. The van der Waals surface area contributed by atoms with Crippen LogP contribution in [-0.2, 0) is 14.2 Å². The quantitative estimate of drug-likeness (QED) is 0.343. The smallest absolute Gasteiger partial charge is 0.296 e. The Balaban J connectivity index is 1.33. The molecular weight excluding hydrogens is 520 g/mol. The molecule has 1 saturated heterocycles. The van der Waals surface area contributed by atoms with E-state index >= 15 is 0 Å². The number of para-hydroxylation sites is 2. The molecule has 218 valence electrons. The minimum Gasteiger partial charge on any atom is -0.383 e. The summed E-state index contributed by atoms with van der Waals surface area (Å²) in [5.41, 5.74) is 1.09. The standard InChI is InChI=1S/C28H39F2N7O3/c1-38-17-21(18-39-2)32-20-9-7-19(8-10-20)16-31-28-34-24(36-11-13-40-14-12-36)15-25(35-28)37-23-6-4-3-5-22(23)33-27(37)26(29)30/h3-6,15,19-21,26,32H,7-14,16-18H2,1-2H3,(H,31,34,35). The van der Waals surface area contributed by atoms with Crippen LogP contribution in [0, 0.1) is 5.92 Å². The molecule has 2 N–H and O–H groups in total. The Hall–Kier alpha value is -2.93. The van der Waals surface area contributed by atoms with Crippen LogP contribution in [0.5, 0.6) is 0 Å². The summed E-state index contributed by atoms with van der Waals surface area (Å²) in [5, 5.41) is 7.09. The molecule has 2 fully saturated rings. The minimum atomic E-state index is -2.75. The van der Waals surface area contributed by atoms with Crippen molar-refractivity contribution >= 4 is 22.8 Å². The SMILES string of the molecule is COCC(COC)NC1CCC(CNc2nc(N3CCOCC3)cc(-n3c(C(F)F)nc4ccccc43)n2)CC1. The number of ether oxygens (including phenoxy) is 3. The van der Waals surface area contributed by atoms with Gasteiger partial charge in [-0.2, -0.15) is 9.97 Å². The van der Waals surface area contributed by atoms with Gasteiger partial charge in [0.15, 0.2) is 5.82 Å². The van der Waals surface area contributed by atoms with Crippen molar-refractivity contribution in [3.8, 4) is 5.82 Å². The van der Waals surface area contributed by atoms with Gasteiger partial charge in [0, 0.05) is 46.0 Å². The molecule has 2 aliphatic rings. The predicted octanol–water partition coefficient (Wildman–Crippen LogP) is 3.81. The van der Waals surface area contributed by atoms with Crippen LogP contribution in [0.25, 0.3) is 16.9 Å². The van der Waals surface area contributed by atoms with E-state index in [0.29, 0.717) is 86.6 Å². The normalized spacial score (nSPS) is 20.1. The van der Waals surface area contributed by atoms with Gasteiger partial charge >= 0.3 is 0 Å². The van der Waals surface area contributed by atoms with Crippen molar-refractivity contribution in [3.05, 3.63) is 36.2 Å². The highest BCUT2D eigenvalue weighted by Gasteiger charge is 2.25. The van der Waals surface area contributed by atoms with Crippen molar-refractivity contribution in [1.29, 1.82) is 0 Å². The molecule has 10 nitrogen and oxygen atoms in total.